The van der Waals surface area contributed by atoms with Crippen LogP contribution in [0.5, 0.6) is 0 Å². The maximum absolute atomic E-state index is 12.7. The average molecular weight is 341 g/mol. The molecular formula is C17H27NO4S. The van der Waals surface area contributed by atoms with Crippen LogP contribution in [0, 0.1) is 11.8 Å². The van der Waals surface area contributed by atoms with Gasteiger partial charge in [0.25, 0.3) is 0 Å². The highest BCUT2D eigenvalue weighted by molar-refractivity contribution is 7.88. The van der Waals surface area contributed by atoms with Crippen molar-refractivity contribution in [2.45, 2.75) is 33.4 Å². The molecule has 0 radical (unpaired) electrons. The summed E-state index contributed by atoms with van der Waals surface area (Å²) in [6.45, 7) is 9.06. The van der Waals surface area contributed by atoms with Crippen molar-refractivity contribution >= 4 is 16.0 Å². The van der Waals surface area contributed by atoms with Gasteiger partial charge in [-0.15, -0.1) is 0 Å². The third-order valence-corrected chi connectivity index (χ3v) is 5.04. The second kappa shape index (κ2) is 8.45. The lowest BCUT2D eigenvalue weighted by Crippen LogP contribution is -2.37. The first-order chi connectivity index (χ1) is 10.7. The SMILES string of the molecule is COC(=O)c1ccc(CS(=O)(=O)N(CC(C)C)CC(C)C)cc1. The third-order valence-electron chi connectivity index (χ3n) is 3.26. The molecule has 0 aliphatic rings. The summed E-state index contributed by atoms with van der Waals surface area (Å²) < 4.78 is 31.6. The Bertz CT molecular complexity index is 596. The van der Waals surface area contributed by atoms with Gasteiger partial charge in [-0.25, -0.2) is 17.5 Å². The molecule has 6 heteroatoms. The van der Waals surface area contributed by atoms with Crippen LogP contribution < -0.4 is 0 Å². The number of hydrogen-bond acceptors (Lipinski definition) is 4. The number of carbonyl (C=O) groups excluding carboxylic acids is 1. The molecule has 0 atom stereocenters. The van der Waals surface area contributed by atoms with E-state index in [-0.39, 0.29) is 17.6 Å². The normalized spacial score (nSPS) is 12.2. The van der Waals surface area contributed by atoms with Crippen LogP contribution in [0.4, 0.5) is 0 Å². The van der Waals surface area contributed by atoms with Gasteiger partial charge in [0.1, 0.15) is 0 Å². The summed E-state index contributed by atoms with van der Waals surface area (Å²) in [5.74, 6) is 0.0459. The highest BCUT2D eigenvalue weighted by atomic mass is 32.2. The minimum Gasteiger partial charge on any atom is -0.465 e. The van der Waals surface area contributed by atoms with Crippen molar-refractivity contribution in [3.63, 3.8) is 0 Å². The van der Waals surface area contributed by atoms with E-state index >= 15 is 0 Å². The Morgan fingerprint density at radius 3 is 1.91 bits per heavy atom. The van der Waals surface area contributed by atoms with Crippen LogP contribution in [0.3, 0.4) is 0 Å². The number of esters is 1. The number of ether oxygens (including phenoxy) is 1. The van der Waals surface area contributed by atoms with Crippen molar-refractivity contribution in [2.75, 3.05) is 20.2 Å². The number of rotatable bonds is 8. The number of benzene rings is 1. The summed E-state index contributed by atoms with van der Waals surface area (Å²) >= 11 is 0. The van der Waals surface area contributed by atoms with Crippen molar-refractivity contribution in [1.29, 1.82) is 0 Å². The van der Waals surface area contributed by atoms with Gasteiger partial charge >= 0.3 is 5.97 Å². The first-order valence-electron chi connectivity index (χ1n) is 7.80. The van der Waals surface area contributed by atoms with Gasteiger partial charge < -0.3 is 4.74 Å². The molecule has 0 heterocycles. The zero-order valence-corrected chi connectivity index (χ0v) is 15.4. The summed E-state index contributed by atoms with van der Waals surface area (Å²) in [6.07, 6.45) is 0. The Morgan fingerprint density at radius 1 is 1.04 bits per heavy atom. The van der Waals surface area contributed by atoms with Crippen LogP contribution in [0.2, 0.25) is 0 Å². The van der Waals surface area contributed by atoms with Gasteiger partial charge in [0.15, 0.2) is 0 Å². The number of carbonyl (C=O) groups is 1. The van der Waals surface area contributed by atoms with Gasteiger partial charge in [0, 0.05) is 13.1 Å². The lowest BCUT2D eigenvalue weighted by molar-refractivity contribution is 0.0600. The van der Waals surface area contributed by atoms with E-state index in [1.807, 2.05) is 27.7 Å². The Kier molecular flexibility index (Phi) is 7.22. The van der Waals surface area contributed by atoms with Gasteiger partial charge in [-0.05, 0) is 29.5 Å². The number of nitrogens with zero attached hydrogens (tertiary/aromatic N) is 1. The standard InChI is InChI=1S/C17H27NO4S/c1-13(2)10-18(11-14(3)4)23(20,21)12-15-6-8-16(9-7-15)17(19)22-5/h6-9,13-14H,10-12H2,1-5H3. The quantitative estimate of drug-likeness (QED) is 0.682. The fourth-order valence-electron chi connectivity index (χ4n) is 2.27. The Morgan fingerprint density at radius 2 is 1.52 bits per heavy atom. The highest BCUT2D eigenvalue weighted by Crippen LogP contribution is 2.16. The highest BCUT2D eigenvalue weighted by Gasteiger charge is 2.24. The lowest BCUT2D eigenvalue weighted by atomic mass is 10.1. The van der Waals surface area contributed by atoms with Crippen LogP contribution in [-0.2, 0) is 20.5 Å². The van der Waals surface area contributed by atoms with Crippen LogP contribution in [0.1, 0.15) is 43.6 Å². The molecule has 0 bridgehead atoms. The topological polar surface area (TPSA) is 63.7 Å². The zero-order chi connectivity index (χ0) is 17.6. The molecule has 0 aromatic heterocycles. The predicted octanol–water partition coefficient (Wildman–Crippen LogP) is 2.92. The Balaban J connectivity index is 2.91. The minimum atomic E-state index is -3.39. The first kappa shape index (κ1) is 19.6. The maximum atomic E-state index is 12.7. The van der Waals surface area contributed by atoms with Crippen LogP contribution >= 0.6 is 0 Å². The molecule has 1 aromatic rings. The van der Waals surface area contributed by atoms with Crippen molar-refractivity contribution in [3.05, 3.63) is 35.4 Å². The molecule has 5 nitrogen and oxygen atoms in total. The molecule has 0 saturated heterocycles. The average Bonchev–Trinajstić information content (AvgIpc) is 2.45. The van der Waals surface area contributed by atoms with Crippen molar-refractivity contribution in [2.24, 2.45) is 11.8 Å². The largest absolute Gasteiger partial charge is 0.465 e. The monoisotopic (exact) mass is 341 g/mol. The summed E-state index contributed by atoms with van der Waals surface area (Å²) in [4.78, 5) is 11.4. The summed E-state index contributed by atoms with van der Waals surface area (Å²) in [6, 6.07) is 6.50. The number of sulfonamides is 1. The summed E-state index contributed by atoms with van der Waals surface area (Å²) in [5, 5.41) is 0. The molecule has 0 aliphatic carbocycles. The number of methoxy groups -OCH3 is 1. The fourth-order valence-corrected chi connectivity index (χ4v) is 4.12. The van der Waals surface area contributed by atoms with E-state index < -0.39 is 16.0 Å². The Hall–Kier alpha value is -1.40. The lowest BCUT2D eigenvalue weighted by Gasteiger charge is -2.25. The predicted molar refractivity (Wildman–Crippen MR) is 91.7 cm³/mol. The van der Waals surface area contributed by atoms with Crippen LogP contribution in [0.15, 0.2) is 24.3 Å². The van der Waals surface area contributed by atoms with E-state index in [1.165, 1.54) is 7.11 Å². The molecule has 1 aromatic carbocycles. The van der Waals surface area contributed by atoms with Crippen molar-refractivity contribution < 1.29 is 17.9 Å². The fraction of sp³-hybridized carbons (Fsp3) is 0.588. The molecule has 0 unspecified atom stereocenters. The smallest absolute Gasteiger partial charge is 0.337 e. The van der Waals surface area contributed by atoms with Gasteiger partial charge in [0.05, 0.1) is 18.4 Å². The van der Waals surface area contributed by atoms with E-state index in [4.69, 9.17) is 0 Å². The first-order valence-corrected chi connectivity index (χ1v) is 9.41. The molecule has 0 amide bonds. The van der Waals surface area contributed by atoms with Gasteiger partial charge in [-0.1, -0.05) is 39.8 Å². The molecule has 0 aliphatic heterocycles. The second-order valence-electron chi connectivity index (χ2n) is 6.55. The molecular weight excluding hydrogens is 314 g/mol. The zero-order valence-electron chi connectivity index (χ0n) is 14.6. The van der Waals surface area contributed by atoms with E-state index in [1.54, 1.807) is 28.6 Å². The van der Waals surface area contributed by atoms with E-state index in [0.29, 0.717) is 24.2 Å². The van der Waals surface area contributed by atoms with Gasteiger partial charge in [-0.3, -0.25) is 0 Å². The summed E-state index contributed by atoms with van der Waals surface area (Å²) in [7, 11) is -2.07. The molecule has 0 fully saturated rings. The van der Waals surface area contributed by atoms with Crippen LogP contribution in [-0.4, -0.2) is 38.9 Å². The third kappa shape index (κ3) is 6.31. The molecule has 0 spiro atoms. The molecule has 130 valence electrons. The summed E-state index contributed by atoms with van der Waals surface area (Å²) in [5.41, 5.74) is 1.07. The molecule has 23 heavy (non-hydrogen) atoms. The van der Waals surface area contributed by atoms with E-state index in [9.17, 15) is 13.2 Å². The van der Waals surface area contributed by atoms with Crippen molar-refractivity contribution in [3.8, 4) is 0 Å². The van der Waals surface area contributed by atoms with Crippen molar-refractivity contribution in [1.82, 2.24) is 4.31 Å². The van der Waals surface area contributed by atoms with Gasteiger partial charge in [-0.2, -0.15) is 0 Å². The van der Waals surface area contributed by atoms with E-state index in [2.05, 4.69) is 4.74 Å². The van der Waals surface area contributed by atoms with E-state index in [0.717, 1.165) is 0 Å². The maximum Gasteiger partial charge on any atom is 0.337 e. The van der Waals surface area contributed by atoms with Crippen LogP contribution in [0.25, 0.3) is 0 Å². The molecule has 0 saturated carbocycles. The number of hydrogen-bond donors (Lipinski definition) is 0. The Labute approximate surface area is 139 Å². The minimum absolute atomic E-state index is 0.0616. The second-order valence-corrected chi connectivity index (χ2v) is 8.52. The van der Waals surface area contributed by atoms with Gasteiger partial charge in [0.2, 0.25) is 10.0 Å². The molecule has 0 N–H and O–H groups in total. The molecule has 1 rings (SSSR count).